The number of aromatic hydroxyl groups is 1. The van der Waals surface area contributed by atoms with E-state index in [9.17, 15) is 14.7 Å². The first-order chi connectivity index (χ1) is 15.0. The summed E-state index contributed by atoms with van der Waals surface area (Å²) in [5.74, 6) is -0.110. The molecule has 0 unspecified atom stereocenters. The fraction of sp³-hybridized carbons (Fsp3) is 0.0435. The van der Waals surface area contributed by atoms with Crippen molar-refractivity contribution in [1.29, 1.82) is 0 Å². The number of carbonyl (C=O) groups excluding carboxylic acids is 1. The maximum absolute atomic E-state index is 13.1. The normalized spacial score (nSPS) is 11.1. The SMILES string of the molecule is NC(=O)c1ccccc1OCc1nc2ccccc2c(=O)n1/N=C/c1ccccc1O. The van der Waals surface area contributed by atoms with Crippen LogP contribution in [0.2, 0.25) is 0 Å². The molecule has 0 radical (unpaired) electrons. The van der Waals surface area contributed by atoms with Crippen LogP contribution in [0.25, 0.3) is 10.9 Å². The van der Waals surface area contributed by atoms with Gasteiger partial charge in [0.05, 0.1) is 22.7 Å². The molecule has 31 heavy (non-hydrogen) atoms. The van der Waals surface area contributed by atoms with Crippen LogP contribution in [0.4, 0.5) is 0 Å². The second-order valence-corrected chi connectivity index (χ2v) is 6.61. The van der Waals surface area contributed by atoms with E-state index in [0.717, 1.165) is 4.68 Å². The summed E-state index contributed by atoms with van der Waals surface area (Å²) < 4.78 is 6.87. The largest absolute Gasteiger partial charge is 0.507 e. The third kappa shape index (κ3) is 4.13. The van der Waals surface area contributed by atoms with Crippen LogP contribution >= 0.6 is 0 Å². The van der Waals surface area contributed by atoms with Crippen molar-refractivity contribution < 1.29 is 14.6 Å². The zero-order chi connectivity index (χ0) is 21.8. The topological polar surface area (TPSA) is 120 Å². The van der Waals surface area contributed by atoms with Crippen LogP contribution in [-0.4, -0.2) is 26.9 Å². The average molecular weight is 414 g/mol. The summed E-state index contributed by atoms with van der Waals surface area (Å²) in [6.45, 7) is -0.136. The highest BCUT2D eigenvalue weighted by molar-refractivity contribution is 5.95. The van der Waals surface area contributed by atoms with E-state index in [1.165, 1.54) is 12.3 Å². The van der Waals surface area contributed by atoms with Crippen LogP contribution in [0.5, 0.6) is 11.5 Å². The summed E-state index contributed by atoms with van der Waals surface area (Å²) in [5, 5.41) is 14.6. The molecule has 0 fully saturated rings. The Kier molecular flexibility index (Phi) is 5.44. The minimum atomic E-state index is -0.628. The second kappa shape index (κ2) is 8.50. The molecule has 0 saturated carbocycles. The Balaban J connectivity index is 1.77. The molecule has 154 valence electrons. The quantitative estimate of drug-likeness (QED) is 0.470. The minimum Gasteiger partial charge on any atom is -0.507 e. The van der Waals surface area contributed by atoms with Gasteiger partial charge < -0.3 is 15.6 Å². The van der Waals surface area contributed by atoms with Gasteiger partial charge in [0.25, 0.3) is 11.5 Å². The van der Waals surface area contributed by atoms with Gasteiger partial charge in [-0.15, -0.1) is 0 Å². The predicted octanol–water partition coefficient (Wildman–Crippen LogP) is 2.66. The van der Waals surface area contributed by atoms with E-state index in [1.807, 2.05) is 0 Å². The smallest absolute Gasteiger partial charge is 0.282 e. The second-order valence-electron chi connectivity index (χ2n) is 6.61. The lowest BCUT2D eigenvalue weighted by atomic mass is 10.2. The van der Waals surface area contributed by atoms with Crippen molar-refractivity contribution in [3.8, 4) is 11.5 Å². The summed E-state index contributed by atoms with van der Waals surface area (Å²) in [4.78, 5) is 29.2. The maximum atomic E-state index is 13.1. The molecule has 8 nitrogen and oxygen atoms in total. The molecule has 0 bridgehead atoms. The van der Waals surface area contributed by atoms with E-state index in [-0.39, 0.29) is 35.1 Å². The first kappa shape index (κ1) is 19.8. The lowest BCUT2D eigenvalue weighted by molar-refractivity contribution is 0.0995. The fourth-order valence-electron chi connectivity index (χ4n) is 3.04. The number of hydrogen-bond acceptors (Lipinski definition) is 6. The number of phenolic OH excluding ortho intramolecular Hbond substituents is 1. The highest BCUT2D eigenvalue weighted by Gasteiger charge is 2.14. The van der Waals surface area contributed by atoms with Crippen molar-refractivity contribution in [2.75, 3.05) is 0 Å². The van der Waals surface area contributed by atoms with E-state index in [1.54, 1.807) is 66.7 Å². The average Bonchev–Trinajstić information content (AvgIpc) is 2.78. The molecule has 0 saturated heterocycles. The molecule has 0 aliphatic carbocycles. The summed E-state index contributed by atoms with van der Waals surface area (Å²) in [6, 6.07) is 20.0. The number of benzene rings is 3. The molecule has 1 amide bonds. The molecule has 8 heteroatoms. The van der Waals surface area contributed by atoms with Crippen LogP contribution in [-0.2, 0) is 6.61 Å². The van der Waals surface area contributed by atoms with Crippen molar-refractivity contribution >= 4 is 23.0 Å². The molecular weight excluding hydrogens is 396 g/mol. The summed E-state index contributed by atoms with van der Waals surface area (Å²) in [5.41, 5.74) is 6.16. The zero-order valence-electron chi connectivity index (χ0n) is 16.3. The van der Waals surface area contributed by atoms with Gasteiger partial charge in [-0.1, -0.05) is 36.4 Å². The number of carbonyl (C=O) groups is 1. The molecular formula is C23H18N4O4. The Morgan fingerprint density at radius 1 is 1.06 bits per heavy atom. The lowest BCUT2D eigenvalue weighted by Gasteiger charge is -2.12. The first-order valence-electron chi connectivity index (χ1n) is 9.39. The molecule has 1 heterocycles. The van der Waals surface area contributed by atoms with Crippen LogP contribution in [0.3, 0.4) is 0 Å². The highest BCUT2D eigenvalue weighted by Crippen LogP contribution is 2.19. The molecule has 0 atom stereocenters. The molecule has 3 aromatic carbocycles. The molecule has 4 rings (SSSR count). The lowest BCUT2D eigenvalue weighted by Crippen LogP contribution is -2.24. The van der Waals surface area contributed by atoms with Crippen molar-refractivity contribution in [2.45, 2.75) is 6.61 Å². The van der Waals surface area contributed by atoms with Gasteiger partial charge in [0.1, 0.15) is 18.1 Å². The van der Waals surface area contributed by atoms with Gasteiger partial charge in [-0.25, -0.2) is 4.98 Å². The third-order valence-corrected chi connectivity index (χ3v) is 4.58. The number of nitrogens with two attached hydrogens (primary N) is 1. The van der Waals surface area contributed by atoms with Crippen molar-refractivity contribution in [2.24, 2.45) is 10.8 Å². The fourth-order valence-corrected chi connectivity index (χ4v) is 3.04. The molecule has 0 aliphatic heterocycles. The third-order valence-electron chi connectivity index (χ3n) is 4.58. The van der Waals surface area contributed by atoms with Crippen molar-refractivity contribution in [3.63, 3.8) is 0 Å². The van der Waals surface area contributed by atoms with Crippen LogP contribution in [0.1, 0.15) is 21.7 Å². The number of fused-ring (bicyclic) bond motifs is 1. The Morgan fingerprint density at radius 2 is 1.77 bits per heavy atom. The Bertz CT molecular complexity index is 1360. The van der Waals surface area contributed by atoms with E-state index in [4.69, 9.17) is 10.5 Å². The Morgan fingerprint density at radius 3 is 2.58 bits per heavy atom. The van der Waals surface area contributed by atoms with E-state index < -0.39 is 5.91 Å². The van der Waals surface area contributed by atoms with E-state index in [0.29, 0.717) is 16.5 Å². The molecule has 3 N–H and O–H groups in total. The van der Waals surface area contributed by atoms with E-state index >= 15 is 0 Å². The summed E-state index contributed by atoms with van der Waals surface area (Å²) in [7, 11) is 0. The van der Waals surface area contributed by atoms with Crippen LogP contribution in [0, 0.1) is 0 Å². The van der Waals surface area contributed by atoms with Gasteiger partial charge in [-0.05, 0) is 36.4 Å². The summed E-state index contributed by atoms with van der Waals surface area (Å²) >= 11 is 0. The Labute approximate surface area is 176 Å². The number of phenols is 1. The predicted molar refractivity (Wildman–Crippen MR) is 116 cm³/mol. The number of nitrogens with zero attached hydrogens (tertiary/aromatic N) is 3. The number of primary amides is 1. The van der Waals surface area contributed by atoms with Gasteiger partial charge in [0.2, 0.25) is 0 Å². The zero-order valence-corrected chi connectivity index (χ0v) is 16.3. The number of amides is 1. The first-order valence-corrected chi connectivity index (χ1v) is 9.39. The highest BCUT2D eigenvalue weighted by atomic mass is 16.5. The minimum absolute atomic E-state index is 0.0289. The van der Waals surface area contributed by atoms with Crippen LogP contribution in [0.15, 0.2) is 82.7 Å². The number of rotatable bonds is 6. The van der Waals surface area contributed by atoms with Gasteiger partial charge >= 0.3 is 0 Å². The Hall–Kier alpha value is -4.46. The molecule has 0 spiro atoms. The molecule has 4 aromatic rings. The number of ether oxygens (including phenoxy) is 1. The monoisotopic (exact) mass is 414 g/mol. The van der Waals surface area contributed by atoms with Crippen molar-refractivity contribution in [3.05, 3.63) is 100 Å². The number of aromatic nitrogens is 2. The van der Waals surface area contributed by atoms with Crippen LogP contribution < -0.4 is 16.0 Å². The van der Waals surface area contributed by atoms with Gasteiger partial charge in [-0.2, -0.15) is 9.78 Å². The van der Waals surface area contributed by atoms with E-state index in [2.05, 4.69) is 10.1 Å². The molecule has 1 aromatic heterocycles. The summed E-state index contributed by atoms with van der Waals surface area (Å²) in [6.07, 6.45) is 1.37. The number of hydrogen-bond donors (Lipinski definition) is 2. The van der Waals surface area contributed by atoms with Gasteiger partial charge in [0.15, 0.2) is 5.82 Å². The van der Waals surface area contributed by atoms with Crippen molar-refractivity contribution in [1.82, 2.24) is 9.66 Å². The maximum Gasteiger partial charge on any atom is 0.282 e. The number of para-hydroxylation sites is 3. The van der Waals surface area contributed by atoms with Gasteiger partial charge in [0, 0.05) is 5.56 Å². The standard InChI is InChI=1S/C23H18N4O4/c24-22(29)17-9-3-6-12-20(17)31-14-21-26-18-10-4-2-8-16(18)23(30)27(21)25-13-15-7-1-5-11-19(15)28/h1-13,28H,14H2,(H2,24,29)/b25-13+. The molecule has 0 aliphatic rings. The van der Waals surface area contributed by atoms with Gasteiger partial charge in [-0.3, -0.25) is 9.59 Å².